The van der Waals surface area contributed by atoms with E-state index in [1.807, 2.05) is 4.57 Å². The van der Waals surface area contributed by atoms with Gasteiger partial charge in [0.05, 0.1) is 23.6 Å². The van der Waals surface area contributed by atoms with Crippen molar-refractivity contribution in [1.29, 1.82) is 0 Å². The molecule has 100 valence electrons. The zero-order chi connectivity index (χ0) is 13.5. The monoisotopic (exact) mass is 297 g/mol. The van der Waals surface area contributed by atoms with E-state index in [0.29, 0.717) is 19.6 Å². The standard InChI is InChI=1S/C12H12ClN3O2S/c13-11-3-1-2-4-12(11)19(17,18)16-6-5-15-9-14-7-10(15)8-16/h1-4,7,9H,5-6,8H2. The zero-order valence-corrected chi connectivity index (χ0v) is 11.6. The van der Waals surface area contributed by atoms with Crippen LogP contribution in [0.2, 0.25) is 5.02 Å². The molecule has 0 fully saturated rings. The van der Waals surface area contributed by atoms with Gasteiger partial charge < -0.3 is 4.57 Å². The molecule has 0 N–H and O–H groups in total. The molecule has 0 aliphatic carbocycles. The number of hydrogen-bond acceptors (Lipinski definition) is 3. The van der Waals surface area contributed by atoms with Gasteiger partial charge in [0.2, 0.25) is 10.0 Å². The molecule has 1 aliphatic rings. The quantitative estimate of drug-likeness (QED) is 0.848. The highest BCUT2D eigenvalue weighted by Crippen LogP contribution is 2.26. The van der Waals surface area contributed by atoms with E-state index >= 15 is 0 Å². The van der Waals surface area contributed by atoms with Crippen molar-refractivity contribution < 1.29 is 8.42 Å². The van der Waals surface area contributed by atoms with Crippen LogP contribution < -0.4 is 0 Å². The molecule has 19 heavy (non-hydrogen) atoms. The summed E-state index contributed by atoms with van der Waals surface area (Å²) in [7, 11) is -3.55. The van der Waals surface area contributed by atoms with Gasteiger partial charge in [0.15, 0.2) is 0 Å². The summed E-state index contributed by atoms with van der Waals surface area (Å²) in [5.74, 6) is 0. The van der Waals surface area contributed by atoms with E-state index in [9.17, 15) is 8.42 Å². The molecule has 0 atom stereocenters. The second kappa shape index (κ2) is 4.63. The maximum Gasteiger partial charge on any atom is 0.244 e. The molecule has 3 rings (SSSR count). The third-order valence-corrected chi connectivity index (χ3v) is 5.53. The van der Waals surface area contributed by atoms with Crippen LogP contribution in [0.15, 0.2) is 41.7 Å². The lowest BCUT2D eigenvalue weighted by Gasteiger charge is -2.27. The van der Waals surface area contributed by atoms with Crippen molar-refractivity contribution in [2.75, 3.05) is 6.54 Å². The SMILES string of the molecule is O=S(=O)(c1ccccc1Cl)N1CCn2cncc2C1. The molecule has 0 unspecified atom stereocenters. The van der Waals surface area contributed by atoms with Crippen molar-refractivity contribution in [3.8, 4) is 0 Å². The molecule has 2 heterocycles. The average molecular weight is 298 g/mol. The van der Waals surface area contributed by atoms with Crippen molar-refractivity contribution in [3.63, 3.8) is 0 Å². The summed E-state index contributed by atoms with van der Waals surface area (Å²) in [5.41, 5.74) is 0.891. The molecule has 1 aromatic heterocycles. The summed E-state index contributed by atoms with van der Waals surface area (Å²) in [6.45, 7) is 1.36. The Morgan fingerprint density at radius 3 is 2.79 bits per heavy atom. The lowest BCUT2D eigenvalue weighted by atomic mass is 10.4. The third-order valence-electron chi connectivity index (χ3n) is 3.18. The molecule has 1 aromatic carbocycles. The van der Waals surface area contributed by atoms with Crippen molar-refractivity contribution in [1.82, 2.24) is 13.9 Å². The van der Waals surface area contributed by atoms with Gasteiger partial charge in [-0.05, 0) is 12.1 Å². The normalized spacial score (nSPS) is 16.3. The Labute approximate surface area is 116 Å². The summed E-state index contributed by atoms with van der Waals surface area (Å²) < 4.78 is 28.5. The van der Waals surface area contributed by atoms with Gasteiger partial charge in [0, 0.05) is 19.3 Å². The molecule has 0 spiro atoms. The Hall–Kier alpha value is -1.37. The highest BCUT2D eigenvalue weighted by atomic mass is 35.5. The fraction of sp³-hybridized carbons (Fsp3) is 0.250. The maximum absolute atomic E-state index is 12.6. The van der Waals surface area contributed by atoms with E-state index in [-0.39, 0.29) is 9.92 Å². The number of halogens is 1. The van der Waals surface area contributed by atoms with Crippen LogP contribution in [0.1, 0.15) is 5.69 Å². The van der Waals surface area contributed by atoms with E-state index in [2.05, 4.69) is 4.98 Å². The van der Waals surface area contributed by atoms with Gasteiger partial charge in [-0.25, -0.2) is 13.4 Å². The van der Waals surface area contributed by atoms with Crippen molar-refractivity contribution in [2.24, 2.45) is 0 Å². The second-order valence-electron chi connectivity index (χ2n) is 4.35. The van der Waals surface area contributed by atoms with Crippen LogP contribution in [0.5, 0.6) is 0 Å². The fourth-order valence-electron chi connectivity index (χ4n) is 2.16. The first kappa shape index (κ1) is 12.7. The molecular weight excluding hydrogens is 286 g/mol. The largest absolute Gasteiger partial charge is 0.332 e. The first-order chi connectivity index (χ1) is 9.09. The number of aromatic nitrogens is 2. The predicted octanol–water partition coefficient (Wildman–Crippen LogP) is 1.74. The van der Waals surface area contributed by atoms with Gasteiger partial charge in [-0.1, -0.05) is 23.7 Å². The molecule has 5 nitrogen and oxygen atoms in total. The number of hydrogen-bond donors (Lipinski definition) is 0. The van der Waals surface area contributed by atoms with Gasteiger partial charge in [-0.15, -0.1) is 0 Å². The van der Waals surface area contributed by atoms with E-state index in [0.717, 1.165) is 5.69 Å². The number of sulfonamides is 1. The van der Waals surface area contributed by atoms with Gasteiger partial charge in [0.25, 0.3) is 0 Å². The first-order valence-electron chi connectivity index (χ1n) is 5.83. The second-order valence-corrected chi connectivity index (χ2v) is 6.66. The van der Waals surface area contributed by atoms with E-state index in [1.54, 1.807) is 30.7 Å². The molecule has 7 heteroatoms. The minimum absolute atomic E-state index is 0.157. The van der Waals surface area contributed by atoms with Gasteiger partial charge >= 0.3 is 0 Å². The van der Waals surface area contributed by atoms with E-state index in [4.69, 9.17) is 11.6 Å². The highest BCUT2D eigenvalue weighted by Gasteiger charge is 2.29. The number of nitrogens with zero attached hydrogens (tertiary/aromatic N) is 3. The van der Waals surface area contributed by atoms with Crippen LogP contribution in [0.3, 0.4) is 0 Å². The minimum Gasteiger partial charge on any atom is -0.332 e. The smallest absolute Gasteiger partial charge is 0.244 e. The molecular formula is C12H12ClN3O2S. The van der Waals surface area contributed by atoms with Crippen molar-refractivity contribution >= 4 is 21.6 Å². The molecule has 2 aromatic rings. The maximum atomic E-state index is 12.6. The summed E-state index contributed by atoms with van der Waals surface area (Å²) in [6, 6.07) is 6.51. The third kappa shape index (κ3) is 2.16. The number of imidazole rings is 1. The van der Waals surface area contributed by atoms with Gasteiger partial charge in [-0.2, -0.15) is 4.31 Å². The average Bonchev–Trinajstić information content (AvgIpc) is 2.86. The molecule has 0 amide bonds. The zero-order valence-electron chi connectivity index (χ0n) is 10.0. The number of fused-ring (bicyclic) bond motifs is 1. The topological polar surface area (TPSA) is 55.2 Å². The summed E-state index contributed by atoms with van der Waals surface area (Å²) in [6.07, 6.45) is 3.41. The molecule has 1 aliphatic heterocycles. The van der Waals surface area contributed by atoms with E-state index in [1.165, 1.54) is 10.4 Å². The lowest BCUT2D eigenvalue weighted by Crippen LogP contribution is -2.37. The number of rotatable bonds is 2. The van der Waals surface area contributed by atoms with Crippen LogP contribution in [0.25, 0.3) is 0 Å². The Morgan fingerprint density at radius 2 is 2.00 bits per heavy atom. The minimum atomic E-state index is -3.55. The highest BCUT2D eigenvalue weighted by molar-refractivity contribution is 7.89. The van der Waals surface area contributed by atoms with Crippen LogP contribution in [0, 0.1) is 0 Å². The molecule has 0 saturated carbocycles. The Morgan fingerprint density at radius 1 is 1.21 bits per heavy atom. The summed E-state index contributed by atoms with van der Waals surface area (Å²) in [4.78, 5) is 4.18. The van der Waals surface area contributed by atoms with Crippen LogP contribution in [0.4, 0.5) is 0 Å². The summed E-state index contributed by atoms with van der Waals surface area (Å²) in [5, 5.41) is 0.251. The first-order valence-corrected chi connectivity index (χ1v) is 7.64. The Bertz CT molecular complexity index is 711. The van der Waals surface area contributed by atoms with Crippen molar-refractivity contribution in [3.05, 3.63) is 47.5 Å². The van der Waals surface area contributed by atoms with Crippen molar-refractivity contribution in [2.45, 2.75) is 18.0 Å². The van der Waals surface area contributed by atoms with Crippen LogP contribution in [-0.4, -0.2) is 28.8 Å². The van der Waals surface area contributed by atoms with Gasteiger partial charge in [-0.3, -0.25) is 0 Å². The lowest BCUT2D eigenvalue weighted by molar-refractivity contribution is 0.341. The predicted molar refractivity (Wildman–Crippen MR) is 71.3 cm³/mol. The number of benzene rings is 1. The Kier molecular flexibility index (Phi) is 3.08. The van der Waals surface area contributed by atoms with Crippen LogP contribution in [-0.2, 0) is 23.1 Å². The Balaban J connectivity index is 1.97. The molecule has 0 radical (unpaired) electrons. The van der Waals surface area contributed by atoms with Crippen LogP contribution >= 0.6 is 11.6 Å². The summed E-state index contributed by atoms with van der Waals surface area (Å²) >= 11 is 5.98. The van der Waals surface area contributed by atoms with E-state index < -0.39 is 10.0 Å². The van der Waals surface area contributed by atoms with Gasteiger partial charge in [0.1, 0.15) is 4.90 Å². The molecule has 0 saturated heterocycles. The fourth-order valence-corrected chi connectivity index (χ4v) is 4.05. The molecule has 0 bridgehead atoms.